The second-order valence-corrected chi connectivity index (χ2v) is 4.50. The van der Waals surface area contributed by atoms with Crippen LogP contribution in [-0.4, -0.2) is 18.2 Å². The van der Waals surface area contributed by atoms with E-state index >= 15 is 0 Å². The Bertz CT molecular complexity index is 482. The van der Waals surface area contributed by atoms with Gasteiger partial charge in [0.15, 0.2) is 0 Å². The first kappa shape index (κ1) is 11.8. The molecule has 2 N–H and O–H groups in total. The van der Waals surface area contributed by atoms with E-state index in [4.69, 9.17) is 5.73 Å². The van der Waals surface area contributed by atoms with Crippen LogP contribution in [-0.2, 0) is 4.79 Å². The number of amides is 1. The fraction of sp³-hybridized carbons (Fsp3) is 0.385. The Morgan fingerprint density at radius 3 is 2.35 bits per heavy atom. The Morgan fingerprint density at radius 2 is 1.88 bits per heavy atom. The molecule has 0 saturated carbocycles. The zero-order chi connectivity index (χ0) is 12.6. The number of hydrogen-bond acceptors (Lipinski definition) is 3. The number of nitrogens with two attached hydrogens (primary N) is 1. The van der Waals surface area contributed by atoms with Gasteiger partial charge in [-0.25, -0.2) is 0 Å². The van der Waals surface area contributed by atoms with Crippen LogP contribution in [0.15, 0.2) is 17.2 Å². The number of hydrazone groups is 1. The average molecular weight is 231 g/mol. The third-order valence-corrected chi connectivity index (χ3v) is 2.92. The van der Waals surface area contributed by atoms with Crippen molar-refractivity contribution in [3.8, 4) is 0 Å². The van der Waals surface area contributed by atoms with E-state index in [-0.39, 0.29) is 5.91 Å². The summed E-state index contributed by atoms with van der Waals surface area (Å²) in [5.41, 5.74) is 10.5. The van der Waals surface area contributed by atoms with Crippen molar-refractivity contribution >= 4 is 17.3 Å². The molecule has 1 aliphatic rings. The standard InChI is InChI=1S/C13H17N3O/c1-8-4-9(2)13(10(3)5-8)16-12(17)6-11(7-14)15-16/h4-5H,6-7,14H2,1-3H3. The molecule has 0 bridgehead atoms. The Balaban J connectivity index is 2.48. The number of aryl methyl sites for hydroxylation is 3. The normalized spacial score (nSPS) is 15.4. The fourth-order valence-electron chi connectivity index (χ4n) is 2.28. The molecule has 4 nitrogen and oxygen atoms in total. The van der Waals surface area contributed by atoms with E-state index in [1.807, 2.05) is 20.8 Å². The van der Waals surface area contributed by atoms with Gasteiger partial charge in [0.1, 0.15) is 0 Å². The molecule has 17 heavy (non-hydrogen) atoms. The highest BCUT2D eigenvalue weighted by Crippen LogP contribution is 2.29. The first-order valence-electron chi connectivity index (χ1n) is 5.70. The maximum Gasteiger partial charge on any atom is 0.253 e. The van der Waals surface area contributed by atoms with Gasteiger partial charge >= 0.3 is 0 Å². The van der Waals surface area contributed by atoms with E-state index in [2.05, 4.69) is 17.2 Å². The molecule has 0 aromatic heterocycles. The number of rotatable bonds is 2. The Morgan fingerprint density at radius 1 is 1.29 bits per heavy atom. The second kappa shape index (κ2) is 4.30. The summed E-state index contributed by atoms with van der Waals surface area (Å²) in [6.45, 7) is 6.38. The fourth-order valence-corrected chi connectivity index (χ4v) is 2.28. The molecule has 1 aromatic carbocycles. The van der Waals surface area contributed by atoms with Gasteiger partial charge in [-0.2, -0.15) is 10.1 Å². The van der Waals surface area contributed by atoms with Crippen molar-refractivity contribution in [1.82, 2.24) is 0 Å². The summed E-state index contributed by atoms with van der Waals surface area (Å²) in [5.74, 6) is 0.000466. The Labute approximate surface area is 101 Å². The van der Waals surface area contributed by atoms with Crippen molar-refractivity contribution in [1.29, 1.82) is 0 Å². The number of nitrogens with zero attached hydrogens (tertiary/aromatic N) is 2. The van der Waals surface area contributed by atoms with E-state index in [1.165, 1.54) is 10.6 Å². The number of carbonyl (C=O) groups excluding carboxylic acids is 1. The Kier molecular flexibility index (Phi) is 2.98. The van der Waals surface area contributed by atoms with E-state index in [0.29, 0.717) is 13.0 Å². The highest BCUT2D eigenvalue weighted by Gasteiger charge is 2.26. The van der Waals surface area contributed by atoms with Crippen molar-refractivity contribution in [3.63, 3.8) is 0 Å². The second-order valence-electron chi connectivity index (χ2n) is 4.50. The van der Waals surface area contributed by atoms with E-state index < -0.39 is 0 Å². The summed E-state index contributed by atoms with van der Waals surface area (Å²) < 4.78 is 0. The van der Waals surface area contributed by atoms with Crippen LogP contribution in [0, 0.1) is 20.8 Å². The molecular formula is C13H17N3O. The van der Waals surface area contributed by atoms with Crippen molar-refractivity contribution in [2.24, 2.45) is 10.8 Å². The molecule has 2 rings (SSSR count). The summed E-state index contributed by atoms with van der Waals surface area (Å²) in [6.07, 6.45) is 0.337. The maximum atomic E-state index is 11.9. The highest BCUT2D eigenvalue weighted by atomic mass is 16.2. The lowest BCUT2D eigenvalue weighted by atomic mass is 10.0. The smallest absolute Gasteiger partial charge is 0.253 e. The predicted octanol–water partition coefficient (Wildman–Crippen LogP) is 1.66. The minimum atomic E-state index is 0.000466. The lowest BCUT2D eigenvalue weighted by Crippen LogP contribution is -2.21. The van der Waals surface area contributed by atoms with Gasteiger partial charge in [-0.1, -0.05) is 17.7 Å². The topological polar surface area (TPSA) is 58.7 Å². The van der Waals surface area contributed by atoms with Gasteiger partial charge in [-0.15, -0.1) is 0 Å². The third kappa shape index (κ3) is 2.08. The van der Waals surface area contributed by atoms with Crippen LogP contribution in [0.2, 0.25) is 0 Å². The summed E-state index contributed by atoms with van der Waals surface area (Å²) in [4.78, 5) is 11.9. The monoisotopic (exact) mass is 231 g/mol. The highest BCUT2D eigenvalue weighted by molar-refractivity contribution is 6.14. The molecule has 1 heterocycles. The van der Waals surface area contributed by atoms with Gasteiger partial charge in [-0.3, -0.25) is 4.79 Å². The first-order chi connectivity index (χ1) is 8.02. The molecule has 0 radical (unpaired) electrons. The summed E-state index contributed by atoms with van der Waals surface area (Å²) >= 11 is 0. The predicted molar refractivity (Wildman–Crippen MR) is 69.2 cm³/mol. The van der Waals surface area contributed by atoms with Gasteiger partial charge in [0, 0.05) is 6.54 Å². The van der Waals surface area contributed by atoms with Crippen molar-refractivity contribution < 1.29 is 4.79 Å². The number of hydrogen-bond donors (Lipinski definition) is 1. The summed E-state index contributed by atoms with van der Waals surface area (Å²) in [7, 11) is 0. The molecular weight excluding hydrogens is 214 g/mol. The van der Waals surface area contributed by atoms with E-state index in [0.717, 1.165) is 22.5 Å². The number of benzene rings is 1. The molecule has 1 amide bonds. The number of carbonyl (C=O) groups is 1. The third-order valence-electron chi connectivity index (χ3n) is 2.92. The van der Waals surface area contributed by atoms with Crippen LogP contribution in [0.4, 0.5) is 5.69 Å². The molecule has 1 aromatic rings. The quantitative estimate of drug-likeness (QED) is 0.841. The molecule has 4 heteroatoms. The average Bonchev–Trinajstić information content (AvgIpc) is 2.59. The SMILES string of the molecule is Cc1cc(C)c(N2N=C(CN)CC2=O)c(C)c1. The summed E-state index contributed by atoms with van der Waals surface area (Å²) in [5, 5.41) is 5.78. The molecule has 90 valence electrons. The Hall–Kier alpha value is -1.68. The molecule has 1 aliphatic heterocycles. The molecule has 0 saturated heterocycles. The summed E-state index contributed by atoms with van der Waals surface area (Å²) in [6, 6.07) is 4.12. The van der Waals surface area contributed by atoms with E-state index in [9.17, 15) is 4.79 Å². The zero-order valence-corrected chi connectivity index (χ0v) is 10.4. The minimum Gasteiger partial charge on any atom is -0.325 e. The van der Waals surface area contributed by atoms with Crippen LogP contribution in [0.5, 0.6) is 0 Å². The molecule has 0 spiro atoms. The van der Waals surface area contributed by atoms with Crippen LogP contribution < -0.4 is 10.7 Å². The first-order valence-corrected chi connectivity index (χ1v) is 5.70. The molecule has 0 unspecified atom stereocenters. The van der Waals surface area contributed by atoms with Crippen LogP contribution >= 0.6 is 0 Å². The minimum absolute atomic E-state index is 0.000466. The van der Waals surface area contributed by atoms with Gasteiger partial charge in [0.25, 0.3) is 5.91 Å². The van der Waals surface area contributed by atoms with Gasteiger partial charge in [0.05, 0.1) is 17.8 Å². The van der Waals surface area contributed by atoms with E-state index in [1.54, 1.807) is 0 Å². The molecule has 0 atom stereocenters. The maximum absolute atomic E-state index is 11.9. The van der Waals surface area contributed by atoms with Crippen molar-refractivity contribution in [2.45, 2.75) is 27.2 Å². The van der Waals surface area contributed by atoms with Gasteiger partial charge in [-0.05, 0) is 31.9 Å². The van der Waals surface area contributed by atoms with Crippen LogP contribution in [0.25, 0.3) is 0 Å². The van der Waals surface area contributed by atoms with Crippen LogP contribution in [0.3, 0.4) is 0 Å². The lowest BCUT2D eigenvalue weighted by molar-refractivity contribution is -0.116. The van der Waals surface area contributed by atoms with Crippen molar-refractivity contribution in [2.75, 3.05) is 11.6 Å². The molecule has 0 aliphatic carbocycles. The lowest BCUT2D eigenvalue weighted by Gasteiger charge is -2.18. The number of anilines is 1. The van der Waals surface area contributed by atoms with Crippen molar-refractivity contribution in [3.05, 3.63) is 28.8 Å². The van der Waals surface area contributed by atoms with Gasteiger partial charge < -0.3 is 5.73 Å². The van der Waals surface area contributed by atoms with Crippen LogP contribution in [0.1, 0.15) is 23.1 Å². The van der Waals surface area contributed by atoms with Gasteiger partial charge in [0.2, 0.25) is 0 Å². The largest absolute Gasteiger partial charge is 0.325 e. The molecule has 0 fully saturated rings. The zero-order valence-electron chi connectivity index (χ0n) is 10.4.